The van der Waals surface area contributed by atoms with Crippen LogP contribution in [0.2, 0.25) is 0 Å². The van der Waals surface area contributed by atoms with E-state index in [1.807, 2.05) is 49.4 Å². The summed E-state index contributed by atoms with van der Waals surface area (Å²) in [7, 11) is 0. The van der Waals surface area contributed by atoms with Crippen molar-refractivity contribution >= 4 is 34.7 Å². The van der Waals surface area contributed by atoms with Crippen LogP contribution in [0.25, 0.3) is 22.2 Å². The van der Waals surface area contributed by atoms with E-state index in [2.05, 4.69) is 16.2 Å². The van der Waals surface area contributed by atoms with Gasteiger partial charge in [-0.05, 0) is 30.7 Å². The van der Waals surface area contributed by atoms with E-state index < -0.39 is 17.8 Å². The fourth-order valence-corrected chi connectivity index (χ4v) is 4.15. The summed E-state index contributed by atoms with van der Waals surface area (Å²) in [4.78, 5) is 55.8. The molecule has 0 atom stereocenters. The molecular formula is C28H23N5O4. The quantitative estimate of drug-likeness (QED) is 0.291. The molecule has 0 saturated carbocycles. The van der Waals surface area contributed by atoms with Crippen molar-refractivity contribution in [3.05, 3.63) is 101 Å². The number of hydrazine groups is 1. The minimum absolute atomic E-state index is 0.0584. The number of aromatic nitrogens is 1. The average Bonchev–Trinajstić information content (AvgIpc) is 3.23. The lowest BCUT2D eigenvalue weighted by Crippen LogP contribution is -2.42. The maximum atomic E-state index is 13.2. The highest BCUT2D eigenvalue weighted by Crippen LogP contribution is 2.25. The predicted molar refractivity (Wildman–Crippen MR) is 137 cm³/mol. The Morgan fingerprint density at radius 2 is 1.57 bits per heavy atom. The van der Waals surface area contributed by atoms with E-state index >= 15 is 0 Å². The summed E-state index contributed by atoms with van der Waals surface area (Å²) < 4.78 is 0. The number of pyridine rings is 1. The van der Waals surface area contributed by atoms with Gasteiger partial charge in [0.1, 0.15) is 0 Å². The number of fused-ring (bicyclic) bond motifs is 1. The number of carbonyl (C=O) groups is 4. The van der Waals surface area contributed by atoms with Gasteiger partial charge in [-0.2, -0.15) is 0 Å². The molecule has 184 valence electrons. The van der Waals surface area contributed by atoms with Crippen LogP contribution in [-0.2, 0) is 11.3 Å². The Bertz CT molecular complexity index is 1530. The first-order chi connectivity index (χ1) is 17.9. The topological polar surface area (TPSA) is 121 Å². The number of rotatable bonds is 5. The van der Waals surface area contributed by atoms with Crippen molar-refractivity contribution in [1.82, 2.24) is 26.1 Å². The van der Waals surface area contributed by atoms with Gasteiger partial charge in [-0.15, -0.1) is 0 Å². The second-order valence-electron chi connectivity index (χ2n) is 8.64. The van der Waals surface area contributed by atoms with E-state index in [1.54, 1.807) is 36.4 Å². The predicted octanol–water partition coefficient (Wildman–Crippen LogP) is 3.34. The van der Waals surface area contributed by atoms with Crippen LogP contribution in [0, 0.1) is 6.92 Å². The van der Waals surface area contributed by atoms with Crippen LogP contribution in [-0.4, -0.2) is 40.2 Å². The normalized spacial score (nSPS) is 12.9. The Morgan fingerprint density at radius 1 is 0.892 bits per heavy atom. The van der Waals surface area contributed by atoms with Crippen molar-refractivity contribution in [2.45, 2.75) is 13.5 Å². The highest BCUT2D eigenvalue weighted by atomic mass is 16.2. The number of carbonyl (C=O) groups excluding carboxylic acids is 4. The molecule has 2 heterocycles. The molecule has 0 bridgehead atoms. The van der Waals surface area contributed by atoms with Gasteiger partial charge in [-0.3, -0.25) is 30.1 Å². The van der Waals surface area contributed by atoms with Crippen LogP contribution in [0.1, 0.15) is 31.8 Å². The first-order valence-electron chi connectivity index (χ1n) is 11.6. The molecule has 5 amide bonds. The van der Waals surface area contributed by atoms with Gasteiger partial charge in [-0.1, -0.05) is 66.2 Å². The largest absolute Gasteiger partial charge is 0.329 e. The van der Waals surface area contributed by atoms with Gasteiger partial charge in [0.05, 0.1) is 29.9 Å². The van der Waals surface area contributed by atoms with Crippen molar-refractivity contribution < 1.29 is 19.2 Å². The van der Waals surface area contributed by atoms with E-state index in [0.717, 1.165) is 16.0 Å². The number of imide groups is 1. The zero-order chi connectivity index (χ0) is 25.9. The van der Waals surface area contributed by atoms with E-state index in [0.29, 0.717) is 27.7 Å². The van der Waals surface area contributed by atoms with E-state index in [4.69, 9.17) is 4.98 Å². The van der Waals surface area contributed by atoms with Gasteiger partial charge in [0.25, 0.3) is 11.8 Å². The number of benzene rings is 3. The SMILES string of the molecule is Cc1ccc(-c2cc(C(=O)NNC(=O)c3ccccc3CN3C(=O)CNC3=O)c3ccccc3n2)cc1. The van der Waals surface area contributed by atoms with Crippen LogP contribution in [0.15, 0.2) is 78.9 Å². The number of nitrogens with one attached hydrogen (secondary N) is 3. The van der Waals surface area contributed by atoms with Crippen molar-refractivity contribution in [3.8, 4) is 11.3 Å². The summed E-state index contributed by atoms with van der Waals surface area (Å²) in [5, 5.41) is 3.10. The number of nitrogens with zero attached hydrogens (tertiary/aromatic N) is 2. The average molecular weight is 494 g/mol. The van der Waals surface area contributed by atoms with Crippen LogP contribution < -0.4 is 16.2 Å². The fourth-order valence-electron chi connectivity index (χ4n) is 4.15. The molecule has 1 saturated heterocycles. The third-order valence-electron chi connectivity index (χ3n) is 6.13. The lowest BCUT2D eigenvalue weighted by atomic mass is 10.0. The lowest BCUT2D eigenvalue weighted by molar-refractivity contribution is -0.125. The third kappa shape index (κ3) is 4.87. The summed E-state index contributed by atoms with van der Waals surface area (Å²) in [6.45, 7) is 1.86. The lowest BCUT2D eigenvalue weighted by Gasteiger charge is -2.16. The minimum atomic E-state index is -0.576. The van der Waals surface area contributed by atoms with E-state index in [9.17, 15) is 19.2 Å². The third-order valence-corrected chi connectivity index (χ3v) is 6.13. The number of hydrogen-bond acceptors (Lipinski definition) is 5. The summed E-state index contributed by atoms with van der Waals surface area (Å²) in [6.07, 6.45) is 0. The molecule has 4 aromatic rings. The first-order valence-corrected chi connectivity index (χ1v) is 11.6. The Morgan fingerprint density at radius 3 is 2.30 bits per heavy atom. The summed E-state index contributed by atoms with van der Waals surface area (Å²) in [6, 6.07) is 22.9. The number of aryl methyl sites for hydroxylation is 1. The molecule has 0 spiro atoms. The van der Waals surface area contributed by atoms with Crippen molar-refractivity contribution in [1.29, 1.82) is 0 Å². The minimum Gasteiger partial charge on any atom is -0.329 e. The molecule has 9 nitrogen and oxygen atoms in total. The number of amides is 5. The summed E-state index contributed by atoms with van der Waals surface area (Å²) in [5.74, 6) is -1.46. The Balaban J connectivity index is 1.38. The molecule has 1 aromatic heterocycles. The van der Waals surface area contributed by atoms with E-state index in [-0.39, 0.29) is 24.6 Å². The Kier molecular flexibility index (Phi) is 6.34. The van der Waals surface area contributed by atoms with Gasteiger partial charge in [0.2, 0.25) is 5.91 Å². The number of para-hydroxylation sites is 1. The molecule has 3 N–H and O–H groups in total. The second-order valence-corrected chi connectivity index (χ2v) is 8.64. The zero-order valence-electron chi connectivity index (χ0n) is 19.9. The maximum absolute atomic E-state index is 13.2. The van der Waals surface area contributed by atoms with Crippen LogP contribution in [0.5, 0.6) is 0 Å². The van der Waals surface area contributed by atoms with Crippen molar-refractivity contribution in [3.63, 3.8) is 0 Å². The number of hydrogen-bond donors (Lipinski definition) is 3. The smallest absolute Gasteiger partial charge is 0.324 e. The van der Waals surface area contributed by atoms with Gasteiger partial charge < -0.3 is 5.32 Å². The number of urea groups is 1. The van der Waals surface area contributed by atoms with Crippen molar-refractivity contribution in [2.75, 3.05) is 6.54 Å². The van der Waals surface area contributed by atoms with Crippen LogP contribution in [0.3, 0.4) is 0 Å². The molecular weight excluding hydrogens is 470 g/mol. The van der Waals surface area contributed by atoms with Crippen molar-refractivity contribution in [2.24, 2.45) is 0 Å². The molecule has 5 rings (SSSR count). The van der Waals surface area contributed by atoms with Crippen LogP contribution in [0.4, 0.5) is 4.79 Å². The highest BCUT2D eigenvalue weighted by Gasteiger charge is 2.29. The molecule has 9 heteroatoms. The van der Waals surface area contributed by atoms with Gasteiger partial charge in [-0.25, -0.2) is 9.78 Å². The molecule has 3 aromatic carbocycles. The molecule has 1 aliphatic heterocycles. The molecule has 1 aliphatic rings. The standard InChI is InChI=1S/C28H23N5O4/c1-17-10-12-18(13-11-17)24-14-22(21-8-4-5-9-23(21)30-24)27(36)32-31-26(35)20-7-3-2-6-19(20)16-33-25(34)15-29-28(33)37/h2-14H,15-16H2,1H3,(H,29,37)(H,31,35)(H,32,36). The summed E-state index contributed by atoms with van der Waals surface area (Å²) >= 11 is 0. The zero-order valence-corrected chi connectivity index (χ0v) is 19.9. The van der Waals surface area contributed by atoms with Gasteiger partial charge >= 0.3 is 6.03 Å². The monoisotopic (exact) mass is 493 g/mol. The van der Waals surface area contributed by atoms with Crippen LogP contribution >= 0.6 is 0 Å². The molecule has 0 aliphatic carbocycles. The van der Waals surface area contributed by atoms with Gasteiger partial charge in [0.15, 0.2) is 0 Å². The van der Waals surface area contributed by atoms with Gasteiger partial charge in [0, 0.05) is 16.5 Å². The molecule has 1 fully saturated rings. The first kappa shape index (κ1) is 23.7. The summed E-state index contributed by atoms with van der Waals surface area (Å²) in [5.41, 5.74) is 9.26. The fraction of sp³-hybridized carbons (Fsp3) is 0.107. The molecule has 0 radical (unpaired) electrons. The highest BCUT2D eigenvalue weighted by molar-refractivity contribution is 6.08. The maximum Gasteiger partial charge on any atom is 0.324 e. The molecule has 37 heavy (non-hydrogen) atoms. The Labute approximate surface area is 212 Å². The molecule has 0 unspecified atom stereocenters. The van der Waals surface area contributed by atoms with E-state index in [1.165, 1.54) is 0 Å². The Hall–Kier alpha value is -5.05. The second kappa shape index (κ2) is 9.90.